The van der Waals surface area contributed by atoms with E-state index in [1.54, 1.807) is 0 Å². The number of esters is 1. The third-order valence-electron chi connectivity index (χ3n) is 6.64. The normalized spacial score (nSPS) is 34.5. The highest BCUT2D eigenvalue weighted by molar-refractivity contribution is 5.81. The van der Waals surface area contributed by atoms with Crippen LogP contribution in [0.3, 0.4) is 0 Å². The van der Waals surface area contributed by atoms with Gasteiger partial charge in [-0.15, -0.1) is 0 Å². The van der Waals surface area contributed by atoms with Gasteiger partial charge in [0.2, 0.25) is 0 Å². The quantitative estimate of drug-likeness (QED) is 0.521. The Kier molecular flexibility index (Phi) is 8.29. The second-order valence-corrected chi connectivity index (χ2v) is 10.7. The molecular formula is C23H43NO4. The molecule has 2 saturated carbocycles. The number of likely N-dealkylation sites (N-methyl/N-ethyl adjacent to an activating group) is 1. The van der Waals surface area contributed by atoms with Crippen LogP contribution in [0.15, 0.2) is 0 Å². The lowest BCUT2D eigenvalue weighted by atomic mass is 9.56. The van der Waals surface area contributed by atoms with Crippen molar-refractivity contribution in [2.75, 3.05) is 14.2 Å². The average Bonchev–Trinajstić information content (AvgIpc) is 2.60. The Hall–Kier alpha value is -0.940. The summed E-state index contributed by atoms with van der Waals surface area (Å²) in [5, 5.41) is 10.2. The van der Waals surface area contributed by atoms with Crippen molar-refractivity contribution >= 4 is 12.3 Å². The van der Waals surface area contributed by atoms with Crippen LogP contribution >= 0.6 is 0 Å². The van der Waals surface area contributed by atoms with Gasteiger partial charge in [-0.25, -0.2) is 0 Å². The predicted molar refractivity (Wildman–Crippen MR) is 113 cm³/mol. The molecule has 5 nitrogen and oxygen atoms in total. The molecule has 2 aliphatic carbocycles. The Labute approximate surface area is 172 Å². The first kappa shape index (κ1) is 25.1. The molecule has 28 heavy (non-hydrogen) atoms. The molecule has 0 radical (unpaired) electrons. The van der Waals surface area contributed by atoms with E-state index >= 15 is 0 Å². The monoisotopic (exact) mass is 397 g/mol. The zero-order chi connectivity index (χ0) is 21.8. The Balaban J connectivity index is 0.00000190. The largest absolute Gasteiger partial charge is 0.458 e. The molecule has 2 fully saturated rings. The molecule has 5 unspecified atom stereocenters. The van der Waals surface area contributed by atoms with Gasteiger partial charge in [0.25, 0.3) is 0 Å². The van der Waals surface area contributed by atoms with Crippen LogP contribution in [0.5, 0.6) is 0 Å². The van der Waals surface area contributed by atoms with Crippen LogP contribution in [0.25, 0.3) is 0 Å². The maximum Gasteiger partial charge on any atom is 0.326 e. The van der Waals surface area contributed by atoms with Crippen molar-refractivity contribution in [3.63, 3.8) is 0 Å². The van der Waals surface area contributed by atoms with Gasteiger partial charge >= 0.3 is 5.97 Å². The van der Waals surface area contributed by atoms with Crippen LogP contribution in [0.4, 0.5) is 0 Å². The number of nitrogens with one attached hydrogen (secondary N) is 1. The van der Waals surface area contributed by atoms with E-state index < -0.39 is 11.1 Å². The lowest BCUT2D eigenvalue weighted by Crippen LogP contribution is -2.57. The number of hydrogen-bond donors (Lipinski definition) is 2. The van der Waals surface area contributed by atoms with E-state index in [0.717, 1.165) is 45.5 Å². The number of fused-ring (bicyclic) bond motifs is 2. The summed E-state index contributed by atoms with van der Waals surface area (Å²) in [5.41, 5.74) is -1.51. The van der Waals surface area contributed by atoms with E-state index in [9.17, 15) is 9.59 Å². The number of aldehydes is 1. The number of hydrogen-bond acceptors (Lipinski definition) is 5. The van der Waals surface area contributed by atoms with Gasteiger partial charge in [0.1, 0.15) is 17.4 Å². The molecule has 0 aromatic carbocycles. The smallest absolute Gasteiger partial charge is 0.326 e. The minimum absolute atomic E-state index is 0.0133. The minimum atomic E-state index is -0.712. The highest BCUT2D eigenvalue weighted by Crippen LogP contribution is 2.55. The number of carbonyl (C=O) groups excluding carboxylic acids is 2. The summed E-state index contributed by atoms with van der Waals surface area (Å²) < 4.78 is 6.32. The van der Waals surface area contributed by atoms with Crippen molar-refractivity contribution < 1.29 is 19.4 Å². The molecule has 5 atom stereocenters. The van der Waals surface area contributed by atoms with Crippen LogP contribution in [-0.4, -0.2) is 42.7 Å². The predicted octanol–water partition coefficient (Wildman–Crippen LogP) is 4.12. The van der Waals surface area contributed by atoms with Crippen LogP contribution < -0.4 is 5.32 Å². The van der Waals surface area contributed by atoms with E-state index in [-0.39, 0.29) is 16.8 Å². The SMILES string of the molecule is CCC1(C=O)CC2CC(C)CC(OC(=O)C(C)(CC(C)(C)C)NC)(C2)C1.CO. The summed E-state index contributed by atoms with van der Waals surface area (Å²) in [5.74, 6) is 0.848. The zero-order valence-corrected chi connectivity index (χ0v) is 19.4. The second-order valence-electron chi connectivity index (χ2n) is 10.7. The van der Waals surface area contributed by atoms with Crippen LogP contribution in [0.1, 0.15) is 86.5 Å². The maximum atomic E-state index is 13.3. The molecular weight excluding hydrogens is 354 g/mol. The second kappa shape index (κ2) is 9.25. The zero-order valence-electron chi connectivity index (χ0n) is 19.4. The third-order valence-corrected chi connectivity index (χ3v) is 6.64. The highest BCUT2D eigenvalue weighted by atomic mass is 16.6. The van der Waals surface area contributed by atoms with E-state index in [1.165, 1.54) is 0 Å². The number of ether oxygens (including phenoxy) is 1. The molecule has 5 heteroatoms. The maximum absolute atomic E-state index is 13.3. The molecule has 0 saturated heterocycles. The molecule has 2 N–H and O–H groups in total. The number of aliphatic hydroxyl groups excluding tert-OH is 1. The standard InChI is InChI=1S/C22H39NO3.CH4O/c1-8-21(15-24)11-17-9-16(2)10-22(12-17,14-21)26-18(25)20(6,23-7)13-19(3,4)5;1-2/h15-17,23H,8-14H2,1-7H3;2H,1H3. The van der Waals surface area contributed by atoms with Gasteiger partial charge in [-0.1, -0.05) is 34.6 Å². The van der Waals surface area contributed by atoms with Gasteiger partial charge in [-0.2, -0.15) is 0 Å². The first-order valence-electron chi connectivity index (χ1n) is 10.7. The fourth-order valence-electron chi connectivity index (χ4n) is 5.76. The Morgan fingerprint density at radius 1 is 1.21 bits per heavy atom. The van der Waals surface area contributed by atoms with Crippen LogP contribution in [0.2, 0.25) is 0 Å². The molecule has 0 heterocycles. The third kappa shape index (κ3) is 5.79. The molecule has 2 aliphatic rings. The summed E-state index contributed by atoms with van der Waals surface area (Å²) in [7, 11) is 2.83. The van der Waals surface area contributed by atoms with Crippen molar-refractivity contribution in [1.82, 2.24) is 5.32 Å². The lowest BCUT2D eigenvalue weighted by molar-refractivity contribution is -0.190. The minimum Gasteiger partial charge on any atom is -0.458 e. The first-order valence-corrected chi connectivity index (χ1v) is 10.7. The number of aliphatic hydroxyl groups is 1. The molecule has 0 aromatic heterocycles. The van der Waals surface area contributed by atoms with Crippen LogP contribution in [0, 0.1) is 22.7 Å². The molecule has 164 valence electrons. The summed E-state index contributed by atoms with van der Waals surface area (Å²) in [4.78, 5) is 25.2. The summed E-state index contributed by atoms with van der Waals surface area (Å²) >= 11 is 0. The summed E-state index contributed by atoms with van der Waals surface area (Å²) in [6.07, 6.45) is 7.23. The van der Waals surface area contributed by atoms with Gasteiger partial charge in [-0.3, -0.25) is 4.79 Å². The van der Waals surface area contributed by atoms with E-state index in [2.05, 4.69) is 39.9 Å². The van der Waals surface area contributed by atoms with E-state index in [0.29, 0.717) is 24.7 Å². The van der Waals surface area contributed by atoms with Crippen molar-refractivity contribution in [3.8, 4) is 0 Å². The fraction of sp³-hybridized carbons (Fsp3) is 0.913. The van der Waals surface area contributed by atoms with Crippen molar-refractivity contribution in [1.29, 1.82) is 0 Å². The van der Waals surface area contributed by atoms with Gasteiger partial charge in [0.15, 0.2) is 0 Å². The Morgan fingerprint density at radius 3 is 2.29 bits per heavy atom. The molecule has 2 rings (SSSR count). The van der Waals surface area contributed by atoms with Crippen LogP contribution in [-0.2, 0) is 14.3 Å². The first-order chi connectivity index (χ1) is 12.9. The van der Waals surface area contributed by atoms with E-state index in [1.807, 2.05) is 14.0 Å². The van der Waals surface area contributed by atoms with Gasteiger partial charge in [0, 0.05) is 12.5 Å². The molecule has 2 bridgehead atoms. The number of rotatable bonds is 6. The molecule has 0 spiro atoms. The molecule has 0 aliphatic heterocycles. The Bertz CT molecular complexity index is 539. The average molecular weight is 398 g/mol. The number of carbonyl (C=O) groups is 2. The summed E-state index contributed by atoms with van der Waals surface area (Å²) in [6.45, 7) is 12.7. The van der Waals surface area contributed by atoms with Crippen molar-refractivity contribution in [2.24, 2.45) is 22.7 Å². The molecule has 0 aromatic rings. The highest BCUT2D eigenvalue weighted by Gasteiger charge is 2.54. The summed E-state index contributed by atoms with van der Waals surface area (Å²) in [6, 6.07) is 0. The van der Waals surface area contributed by atoms with Gasteiger partial charge in [0.05, 0.1) is 0 Å². The van der Waals surface area contributed by atoms with Gasteiger partial charge < -0.3 is 20.0 Å². The fourth-order valence-corrected chi connectivity index (χ4v) is 5.76. The lowest BCUT2D eigenvalue weighted by Gasteiger charge is -2.53. The van der Waals surface area contributed by atoms with Crippen molar-refractivity contribution in [3.05, 3.63) is 0 Å². The Morgan fingerprint density at radius 2 is 1.82 bits per heavy atom. The topological polar surface area (TPSA) is 75.6 Å². The van der Waals surface area contributed by atoms with Crippen molar-refractivity contribution in [2.45, 2.75) is 97.6 Å². The van der Waals surface area contributed by atoms with E-state index in [4.69, 9.17) is 9.84 Å². The molecule has 0 amide bonds. The van der Waals surface area contributed by atoms with Gasteiger partial charge in [-0.05, 0) is 76.2 Å².